The summed E-state index contributed by atoms with van der Waals surface area (Å²) in [5, 5.41) is 0. The molecule has 10 rings (SSSR count). The number of rotatable bonds is 4. The average Bonchev–Trinajstić information content (AvgIpc) is 3.23. The van der Waals surface area contributed by atoms with Crippen LogP contribution < -0.4 is 0 Å². The van der Waals surface area contributed by atoms with E-state index in [0.717, 1.165) is 22.3 Å². The molecule has 0 saturated carbocycles. The van der Waals surface area contributed by atoms with Gasteiger partial charge in [0.15, 0.2) is 17.5 Å². The van der Waals surface area contributed by atoms with E-state index in [1.165, 1.54) is 48.7 Å². The van der Waals surface area contributed by atoms with E-state index in [9.17, 15) is 0 Å². The van der Waals surface area contributed by atoms with Gasteiger partial charge in [0.1, 0.15) is 0 Å². The molecule has 1 aliphatic carbocycles. The first-order valence-corrected chi connectivity index (χ1v) is 18.9. The largest absolute Gasteiger partial charge is 0.208 e. The Morgan fingerprint density at radius 2 is 0.811 bits per heavy atom. The highest BCUT2D eigenvalue weighted by atomic mass is 32.2. The lowest BCUT2D eigenvalue weighted by atomic mass is 9.54. The van der Waals surface area contributed by atoms with Crippen molar-refractivity contribution in [2.24, 2.45) is 0 Å². The van der Waals surface area contributed by atoms with Crippen LogP contribution in [0.4, 0.5) is 0 Å². The smallest absolute Gasteiger partial charge is 0.164 e. The van der Waals surface area contributed by atoms with E-state index in [0.29, 0.717) is 17.5 Å². The maximum Gasteiger partial charge on any atom is 0.164 e. The zero-order chi connectivity index (χ0) is 35.6. The molecular formula is C49H35N3S. The van der Waals surface area contributed by atoms with Crippen molar-refractivity contribution in [2.75, 3.05) is 0 Å². The van der Waals surface area contributed by atoms with Gasteiger partial charge in [0.25, 0.3) is 0 Å². The molecule has 2 aliphatic rings. The third kappa shape index (κ3) is 4.86. The summed E-state index contributed by atoms with van der Waals surface area (Å²) < 4.78 is 0. The molecular weight excluding hydrogens is 663 g/mol. The maximum absolute atomic E-state index is 5.06. The highest BCUT2D eigenvalue weighted by Gasteiger charge is 2.52. The Hall–Kier alpha value is -6.10. The van der Waals surface area contributed by atoms with Crippen molar-refractivity contribution >= 4 is 11.8 Å². The maximum atomic E-state index is 5.06. The average molecular weight is 698 g/mol. The summed E-state index contributed by atoms with van der Waals surface area (Å²) in [5.74, 6) is 1.96. The first kappa shape index (κ1) is 31.6. The molecule has 1 aliphatic heterocycles. The van der Waals surface area contributed by atoms with Crippen molar-refractivity contribution in [3.63, 3.8) is 0 Å². The van der Waals surface area contributed by atoms with E-state index >= 15 is 0 Å². The number of nitrogens with zero attached hydrogens (tertiary/aromatic N) is 3. The molecule has 1 aromatic heterocycles. The molecule has 1 spiro atoms. The molecule has 0 radical (unpaired) electrons. The number of fused-ring (bicyclic) bond motifs is 8. The highest BCUT2D eigenvalue weighted by Crippen LogP contribution is 2.62. The molecule has 53 heavy (non-hydrogen) atoms. The second-order valence-electron chi connectivity index (χ2n) is 14.4. The zero-order valence-electron chi connectivity index (χ0n) is 29.5. The summed E-state index contributed by atoms with van der Waals surface area (Å²) >= 11 is 1.88. The molecule has 0 N–H and O–H groups in total. The normalized spacial score (nSPS) is 14.5. The van der Waals surface area contributed by atoms with Gasteiger partial charge in [0.2, 0.25) is 0 Å². The second-order valence-corrected chi connectivity index (χ2v) is 15.4. The van der Waals surface area contributed by atoms with Crippen LogP contribution in [-0.4, -0.2) is 15.0 Å². The van der Waals surface area contributed by atoms with Gasteiger partial charge in [-0.15, -0.1) is 0 Å². The molecule has 4 heteroatoms. The molecule has 0 bridgehead atoms. The fourth-order valence-electron chi connectivity index (χ4n) is 8.63. The molecule has 0 unspecified atom stereocenters. The van der Waals surface area contributed by atoms with E-state index in [1.54, 1.807) is 0 Å². The van der Waals surface area contributed by atoms with Gasteiger partial charge in [-0.25, -0.2) is 15.0 Å². The van der Waals surface area contributed by atoms with E-state index < -0.39 is 5.41 Å². The Bertz CT molecular complexity index is 2580. The lowest BCUT2D eigenvalue weighted by Gasteiger charge is -2.50. The van der Waals surface area contributed by atoms with Gasteiger partial charge in [0, 0.05) is 31.9 Å². The Morgan fingerprint density at radius 1 is 0.377 bits per heavy atom. The van der Waals surface area contributed by atoms with Crippen LogP contribution in [0.3, 0.4) is 0 Å². The van der Waals surface area contributed by atoms with Crippen molar-refractivity contribution in [3.8, 4) is 45.3 Å². The number of hydrogen-bond donors (Lipinski definition) is 0. The van der Waals surface area contributed by atoms with Crippen molar-refractivity contribution in [1.29, 1.82) is 0 Å². The van der Waals surface area contributed by atoms with Crippen LogP contribution >= 0.6 is 11.8 Å². The summed E-state index contributed by atoms with van der Waals surface area (Å²) in [6, 6.07) is 63.1. The van der Waals surface area contributed by atoms with Crippen LogP contribution in [0.15, 0.2) is 186 Å². The van der Waals surface area contributed by atoms with Crippen LogP contribution in [0.25, 0.3) is 45.3 Å². The van der Waals surface area contributed by atoms with Gasteiger partial charge in [-0.05, 0) is 56.6 Å². The number of benzene rings is 7. The molecule has 2 heterocycles. The molecule has 0 fully saturated rings. The minimum absolute atomic E-state index is 0.147. The van der Waals surface area contributed by atoms with Crippen molar-refractivity contribution in [1.82, 2.24) is 15.0 Å². The minimum atomic E-state index is -0.475. The predicted octanol–water partition coefficient (Wildman–Crippen LogP) is 12.0. The Labute approximate surface area is 314 Å². The molecule has 3 nitrogen and oxygen atoms in total. The predicted molar refractivity (Wildman–Crippen MR) is 216 cm³/mol. The minimum Gasteiger partial charge on any atom is -0.208 e. The molecule has 0 amide bonds. The Balaban J connectivity index is 1.20. The quantitative estimate of drug-likeness (QED) is 0.183. The number of aromatic nitrogens is 3. The van der Waals surface area contributed by atoms with Crippen molar-refractivity contribution in [3.05, 3.63) is 209 Å². The highest BCUT2D eigenvalue weighted by molar-refractivity contribution is 7.99. The van der Waals surface area contributed by atoms with Gasteiger partial charge >= 0.3 is 0 Å². The van der Waals surface area contributed by atoms with Crippen LogP contribution in [0.1, 0.15) is 47.2 Å². The summed E-state index contributed by atoms with van der Waals surface area (Å²) in [6.07, 6.45) is 0. The third-order valence-electron chi connectivity index (χ3n) is 11.1. The van der Waals surface area contributed by atoms with Crippen molar-refractivity contribution < 1.29 is 0 Å². The van der Waals surface area contributed by atoms with Crippen molar-refractivity contribution in [2.45, 2.75) is 34.5 Å². The first-order valence-electron chi connectivity index (χ1n) is 18.1. The molecule has 7 aromatic carbocycles. The van der Waals surface area contributed by atoms with Gasteiger partial charge < -0.3 is 0 Å². The van der Waals surface area contributed by atoms with E-state index in [-0.39, 0.29) is 5.41 Å². The summed E-state index contributed by atoms with van der Waals surface area (Å²) in [6.45, 7) is 4.74. The van der Waals surface area contributed by atoms with Crippen LogP contribution in [-0.2, 0) is 10.8 Å². The van der Waals surface area contributed by atoms with E-state index in [2.05, 4.69) is 129 Å². The molecule has 0 saturated heterocycles. The van der Waals surface area contributed by atoms with Gasteiger partial charge in [-0.3, -0.25) is 0 Å². The Kier molecular flexibility index (Phi) is 7.31. The first-order chi connectivity index (χ1) is 26.0. The number of hydrogen-bond acceptors (Lipinski definition) is 4. The van der Waals surface area contributed by atoms with E-state index in [1.807, 2.05) is 72.4 Å². The zero-order valence-corrected chi connectivity index (χ0v) is 30.3. The van der Waals surface area contributed by atoms with Crippen LogP contribution in [0.2, 0.25) is 0 Å². The standard InChI is InChI=1S/C49H35N3S/c1-48(2)37-24-9-11-26-39(37)49(40-27-12-10-25-38(40)48)41-28-13-14-30-43(41)53-44-36(23-16-29-42(44)49)34-21-15-22-35(31-34)47-51-45(32-17-5-3-6-18-32)50-46(52-47)33-19-7-4-8-20-33/h3-31H,1-2H3. The second kappa shape index (κ2) is 12.3. The lowest BCUT2D eigenvalue weighted by Crippen LogP contribution is -2.43. The summed E-state index contributed by atoms with van der Waals surface area (Å²) in [4.78, 5) is 17.6. The topological polar surface area (TPSA) is 38.7 Å². The summed E-state index contributed by atoms with van der Waals surface area (Å²) in [5.41, 5.74) is 12.7. The van der Waals surface area contributed by atoms with Crippen LogP contribution in [0.5, 0.6) is 0 Å². The Morgan fingerprint density at radius 3 is 1.42 bits per heavy atom. The van der Waals surface area contributed by atoms with Gasteiger partial charge in [-0.1, -0.05) is 189 Å². The van der Waals surface area contributed by atoms with Gasteiger partial charge in [0.05, 0.1) is 5.41 Å². The van der Waals surface area contributed by atoms with Gasteiger partial charge in [-0.2, -0.15) is 0 Å². The molecule has 0 atom stereocenters. The third-order valence-corrected chi connectivity index (χ3v) is 12.3. The molecule has 8 aromatic rings. The monoisotopic (exact) mass is 697 g/mol. The summed E-state index contributed by atoms with van der Waals surface area (Å²) in [7, 11) is 0. The lowest BCUT2D eigenvalue weighted by molar-refractivity contribution is 0.549. The van der Waals surface area contributed by atoms with E-state index in [4.69, 9.17) is 15.0 Å². The fourth-order valence-corrected chi connectivity index (χ4v) is 9.96. The SMILES string of the molecule is CC1(C)c2ccccc2C2(c3ccccc3Sc3c(-c4cccc(-c5nc(-c6ccccc6)nc(-c6ccccc6)n5)c4)cccc32)c2ccccc21. The molecule has 252 valence electrons. The van der Waals surface area contributed by atoms with Crippen LogP contribution in [0, 0.1) is 0 Å². The fraction of sp³-hybridized carbons (Fsp3) is 0.0816.